The molecule has 26 heavy (non-hydrogen) atoms. The number of benzene rings is 1. The fourth-order valence-corrected chi connectivity index (χ4v) is 4.02. The molecule has 0 aliphatic heterocycles. The average Bonchev–Trinajstić information content (AvgIpc) is 3.31. The maximum atomic E-state index is 12.4. The standard InChI is InChI=1S/C18H19ClN4OS2/c1-13(17(24)20-11-14-4-6-15(19)7-5-14)26-18-22-21-12-23(18)9-8-16-3-2-10-25-16/h2-7,10,12-13H,8-9,11H2,1H3,(H,20,24). The summed E-state index contributed by atoms with van der Waals surface area (Å²) in [6.07, 6.45) is 2.65. The van der Waals surface area contributed by atoms with Gasteiger partial charge in [0.25, 0.3) is 0 Å². The van der Waals surface area contributed by atoms with Crippen molar-refractivity contribution in [2.24, 2.45) is 0 Å². The van der Waals surface area contributed by atoms with E-state index in [0.717, 1.165) is 23.7 Å². The number of nitrogens with zero attached hydrogens (tertiary/aromatic N) is 3. The topological polar surface area (TPSA) is 59.8 Å². The lowest BCUT2D eigenvalue weighted by Gasteiger charge is -2.12. The van der Waals surface area contributed by atoms with E-state index < -0.39 is 0 Å². The number of rotatable bonds is 8. The molecule has 0 aliphatic rings. The predicted octanol–water partition coefficient (Wildman–Crippen LogP) is 4.03. The summed E-state index contributed by atoms with van der Waals surface area (Å²) in [6, 6.07) is 11.6. The van der Waals surface area contributed by atoms with Crippen LogP contribution in [0, 0.1) is 0 Å². The summed E-state index contributed by atoms with van der Waals surface area (Å²) >= 11 is 9.03. The number of hydrogen-bond acceptors (Lipinski definition) is 5. The van der Waals surface area contributed by atoms with Crippen molar-refractivity contribution in [2.75, 3.05) is 0 Å². The lowest BCUT2D eigenvalue weighted by molar-refractivity contribution is -0.120. The monoisotopic (exact) mass is 406 g/mol. The third-order valence-electron chi connectivity index (χ3n) is 3.79. The average molecular weight is 407 g/mol. The van der Waals surface area contributed by atoms with Gasteiger partial charge in [0.15, 0.2) is 5.16 Å². The van der Waals surface area contributed by atoms with Crippen LogP contribution in [-0.4, -0.2) is 25.9 Å². The smallest absolute Gasteiger partial charge is 0.233 e. The molecule has 1 amide bonds. The second kappa shape index (κ2) is 9.21. The molecule has 8 heteroatoms. The molecule has 0 aliphatic carbocycles. The molecule has 1 unspecified atom stereocenters. The van der Waals surface area contributed by atoms with Crippen molar-refractivity contribution in [3.63, 3.8) is 0 Å². The Hall–Kier alpha value is -1.83. The van der Waals surface area contributed by atoms with Crippen LogP contribution in [0.25, 0.3) is 0 Å². The minimum atomic E-state index is -0.257. The Morgan fingerprint density at radius 1 is 1.35 bits per heavy atom. The van der Waals surface area contributed by atoms with Gasteiger partial charge in [0, 0.05) is 23.0 Å². The molecular weight excluding hydrogens is 388 g/mol. The lowest BCUT2D eigenvalue weighted by Crippen LogP contribution is -2.30. The number of hydrogen-bond donors (Lipinski definition) is 1. The van der Waals surface area contributed by atoms with Crippen LogP contribution in [0.5, 0.6) is 0 Å². The number of halogens is 1. The van der Waals surface area contributed by atoms with Crippen LogP contribution < -0.4 is 5.32 Å². The van der Waals surface area contributed by atoms with E-state index in [2.05, 4.69) is 33.0 Å². The Kier molecular flexibility index (Phi) is 6.71. The maximum absolute atomic E-state index is 12.4. The van der Waals surface area contributed by atoms with Gasteiger partial charge in [0.05, 0.1) is 5.25 Å². The predicted molar refractivity (Wildman–Crippen MR) is 107 cm³/mol. The van der Waals surface area contributed by atoms with E-state index in [1.165, 1.54) is 16.6 Å². The molecule has 3 aromatic rings. The van der Waals surface area contributed by atoms with Crippen molar-refractivity contribution in [3.8, 4) is 0 Å². The molecule has 0 spiro atoms. The molecule has 1 aromatic carbocycles. The van der Waals surface area contributed by atoms with Gasteiger partial charge in [-0.2, -0.15) is 0 Å². The van der Waals surface area contributed by atoms with Gasteiger partial charge in [-0.15, -0.1) is 21.5 Å². The second-order valence-electron chi connectivity index (χ2n) is 5.74. The van der Waals surface area contributed by atoms with Gasteiger partial charge in [-0.3, -0.25) is 4.79 Å². The van der Waals surface area contributed by atoms with E-state index >= 15 is 0 Å². The molecule has 2 aromatic heterocycles. The number of nitrogens with one attached hydrogen (secondary N) is 1. The number of amides is 1. The molecule has 136 valence electrons. The van der Waals surface area contributed by atoms with Crippen LogP contribution >= 0.6 is 34.7 Å². The molecule has 1 N–H and O–H groups in total. The highest BCUT2D eigenvalue weighted by atomic mass is 35.5. The summed E-state index contributed by atoms with van der Waals surface area (Å²) < 4.78 is 1.99. The fourth-order valence-electron chi connectivity index (χ4n) is 2.32. The van der Waals surface area contributed by atoms with Crippen molar-refractivity contribution < 1.29 is 4.79 Å². The minimum Gasteiger partial charge on any atom is -0.351 e. The third-order valence-corrected chi connectivity index (χ3v) is 6.07. The molecule has 5 nitrogen and oxygen atoms in total. The number of aryl methyl sites for hydroxylation is 2. The second-order valence-corrected chi connectivity index (χ2v) is 8.52. The molecule has 1 atom stereocenters. The zero-order valence-electron chi connectivity index (χ0n) is 14.3. The van der Waals surface area contributed by atoms with Crippen LogP contribution in [0.15, 0.2) is 53.3 Å². The molecule has 3 rings (SSSR count). The number of thiophene rings is 1. The zero-order chi connectivity index (χ0) is 18.4. The Labute approximate surface area is 165 Å². The molecule has 0 fully saturated rings. The summed E-state index contributed by atoms with van der Waals surface area (Å²) in [6.45, 7) is 3.15. The highest BCUT2D eigenvalue weighted by Gasteiger charge is 2.17. The Morgan fingerprint density at radius 2 is 2.15 bits per heavy atom. The summed E-state index contributed by atoms with van der Waals surface area (Å²) in [5, 5.41) is 14.3. The first kappa shape index (κ1) is 18.9. The van der Waals surface area contributed by atoms with Crippen molar-refractivity contribution in [1.29, 1.82) is 0 Å². The van der Waals surface area contributed by atoms with E-state index in [9.17, 15) is 4.79 Å². The van der Waals surface area contributed by atoms with Crippen LogP contribution in [0.1, 0.15) is 17.4 Å². The van der Waals surface area contributed by atoms with Gasteiger partial charge in [-0.25, -0.2) is 0 Å². The first-order valence-electron chi connectivity index (χ1n) is 8.21. The molecule has 0 saturated heterocycles. The van der Waals surface area contributed by atoms with Crippen molar-refractivity contribution in [2.45, 2.75) is 36.8 Å². The minimum absolute atomic E-state index is 0.0299. The Balaban J connectivity index is 1.50. The molecule has 0 bridgehead atoms. The first-order valence-corrected chi connectivity index (χ1v) is 10.3. The summed E-state index contributed by atoms with van der Waals surface area (Å²) in [5.74, 6) is -0.0299. The van der Waals surface area contributed by atoms with Crippen LogP contribution in [0.4, 0.5) is 0 Å². The summed E-state index contributed by atoms with van der Waals surface area (Å²) in [7, 11) is 0. The molecular formula is C18H19ClN4OS2. The van der Waals surface area contributed by atoms with Gasteiger partial charge < -0.3 is 9.88 Å². The van der Waals surface area contributed by atoms with E-state index in [0.29, 0.717) is 11.6 Å². The summed E-state index contributed by atoms with van der Waals surface area (Å²) in [5.41, 5.74) is 1.01. The third kappa shape index (κ3) is 5.33. The van der Waals surface area contributed by atoms with Gasteiger partial charge in [-0.05, 0) is 42.5 Å². The first-order chi connectivity index (χ1) is 12.6. The van der Waals surface area contributed by atoms with E-state index in [-0.39, 0.29) is 11.2 Å². The zero-order valence-corrected chi connectivity index (χ0v) is 16.7. The molecule has 2 heterocycles. The molecule has 0 saturated carbocycles. The van der Waals surface area contributed by atoms with Crippen LogP contribution in [0.3, 0.4) is 0 Å². The van der Waals surface area contributed by atoms with Gasteiger partial charge in [-0.1, -0.05) is 41.6 Å². The van der Waals surface area contributed by atoms with E-state index in [4.69, 9.17) is 11.6 Å². The SMILES string of the molecule is CC(Sc1nncn1CCc1cccs1)C(=O)NCc1ccc(Cl)cc1. The number of aromatic nitrogens is 3. The van der Waals surface area contributed by atoms with Crippen LogP contribution in [-0.2, 0) is 24.3 Å². The normalized spacial score (nSPS) is 12.1. The van der Waals surface area contributed by atoms with Crippen molar-refractivity contribution in [1.82, 2.24) is 20.1 Å². The lowest BCUT2D eigenvalue weighted by atomic mass is 10.2. The number of carbonyl (C=O) groups excluding carboxylic acids is 1. The highest BCUT2D eigenvalue weighted by Crippen LogP contribution is 2.22. The summed E-state index contributed by atoms with van der Waals surface area (Å²) in [4.78, 5) is 13.7. The Bertz CT molecular complexity index is 833. The van der Waals surface area contributed by atoms with Gasteiger partial charge in [0.2, 0.25) is 5.91 Å². The highest BCUT2D eigenvalue weighted by molar-refractivity contribution is 8.00. The fraction of sp³-hybridized carbons (Fsp3) is 0.278. The number of thioether (sulfide) groups is 1. The van der Waals surface area contributed by atoms with Crippen molar-refractivity contribution >= 4 is 40.6 Å². The van der Waals surface area contributed by atoms with Crippen LogP contribution in [0.2, 0.25) is 5.02 Å². The van der Waals surface area contributed by atoms with E-state index in [1.807, 2.05) is 35.8 Å². The number of carbonyl (C=O) groups is 1. The largest absolute Gasteiger partial charge is 0.351 e. The van der Waals surface area contributed by atoms with Gasteiger partial charge in [0.1, 0.15) is 6.33 Å². The van der Waals surface area contributed by atoms with Gasteiger partial charge >= 0.3 is 0 Å². The quantitative estimate of drug-likeness (QED) is 0.573. The maximum Gasteiger partial charge on any atom is 0.233 e. The van der Waals surface area contributed by atoms with Crippen molar-refractivity contribution in [3.05, 3.63) is 63.6 Å². The van der Waals surface area contributed by atoms with E-state index in [1.54, 1.807) is 17.7 Å². The Morgan fingerprint density at radius 3 is 2.88 bits per heavy atom. The molecule has 0 radical (unpaired) electrons.